The van der Waals surface area contributed by atoms with Gasteiger partial charge in [-0.05, 0) is 48.9 Å². The lowest BCUT2D eigenvalue weighted by Gasteiger charge is -2.24. The molecule has 0 spiro atoms. The molecule has 0 aliphatic heterocycles. The van der Waals surface area contributed by atoms with E-state index in [9.17, 15) is 13.2 Å². The van der Waals surface area contributed by atoms with Crippen LogP contribution in [0.15, 0.2) is 83.8 Å². The predicted molar refractivity (Wildman–Crippen MR) is 118 cm³/mol. The average molecular weight is 425 g/mol. The zero-order valence-corrected chi connectivity index (χ0v) is 17.7. The molecule has 30 heavy (non-hydrogen) atoms. The number of aryl methyl sites for hydroxylation is 1. The molecule has 1 amide bonds. The molecule has 0 saturated heterocycles. The monoisotopic (exact) mass is 424 g/mol. The Balaban J connectivity index is 1.87. The molecule has 7 heteroatoms. The van der Waals surface area contributed by atoms with Gasteiger partial charge in [-0.3, -0.25) is 9.10 Å². The third-order valence-corrected chi connectivity index (χ3v) is 6.25. The van der Waals surface area contributed by atoms with Gasteiger partial charge in [0.25, 0.3) is 10.0 Å². The van der Waals surface area contributed by atoms with Crippen molar-refractivity contribution < 1.29 is 17.9 Å². The number of sulfonamides is 1. The fourth-order valence-corrected chi connectivity index (χ4v) is 4.40. The van der Waals surface area contributed by atoms with E-state index in [0.29, 0.717) is 18.0 Å². The Labute approximate surface area is 177 Å². The van der Waals surface area contributed by atoms with Gasteiger partial charge in [0.05, 0.1) is 17.2 Å². The molecule has 1 N–H and O–H groups in total. The van der Waals surface area contributed by atoms with Crippen LogP contribution < -0.4 is 9.62 Å². The number of anilines is 2. The fourth-order valence-electron chi connectivity index (χ4n) is 2.98. The summed E-state index contributed by atoms with van der Waals surface area (Å²) >= 11 is 0. The van der Waals surface area contributed by atoms with Crippen LogP contribution in [-0.2, 0) is 26.2 Å². The molecule has 0 fully saturated rings. The Kier molecular flexibility index (Phi) is 6.87. The minimum Gasteiger partial charge on any atom is -0.380 e. The summed E-state index contributed by atoms with van der Waals surface area (Å²) in [5.74, 6) is -0.441. The number of hydrogen-bond donors (Lipinski definition) is 1. The van der Waals surface area contributed by atoms with Gasteiger partial charge >= 0.3 is 0 Å². The molecule has 3 rings (SSSR count). The smallest absolute Gasteiger partial charge is 0.264 e. The summed E-state index contributed by atoms with van der Waals surface area (Å²) in [4.78, 5) is 12.9. The second kappa shape index (κ2) is 9.56. The van der Waals surface area contributed by atoms with E-state index in [0.717, 1.165) is 15.4 Å². The first-order valence-electron chi connectivity index (χ1n) is 9.42. The van der Waals surface area contributed by atoms with Crippen LogP contribution in [0.5, 0.6) is 0 Å². The van der Waals surface area contributed by atoms with Gasteiger partial charge < -0.3 is 10.1 Å². The zero-order valence-electron chi connectivity index (χ0n) is 16.9. The Morgan fingerprint density at radius 3 is 2.33 bits per heavy atom. The molecule has 3 aromatic carbocycles. The number of nitrogens with one attached hydrogen (secondary N) is 1. The van der Waals surface area contributed by atoms with E-state index in [-0.39, 0.29) is 11.4 Å². The maximum atomic E-state index is 13.3. The molecule has 0 aliphatic carbocycles. The molecule has 6 nitrogen and oxygen atoms in total. The number of amides is 1. The van der Waals surface area contributed by atoms with Crippen molar-refractivity contribution in [1.29, 1.82) is 0 Å². The normalized spacial score (nSPS) is 11.1. The number of carbonyl (C=O) groups is 1. The van der Waals surface area contributed by atoms with Crippen molar-refractivity contribution in [2.75, 3.05) is 23.3 Å². The number of methoxy groups -OCH3 is 1. The highest BCUT2D eigenvalue weighted by molar-refractivity contribution is 7.92. The highest BCUT2D eigenvalue weighted by Crippen LogP contribution is 2.24. The highest BCUT2D eigenvalue weighted by atomic mass is 32.2. The van der Waals surface area contributed by atoms with E-state index >= 15 is 0 Å². The lowest BCUT2D eigenvalue weighted by molar-refractivity contribution is -0.114. The predicted octanol–water partition coefficient (Wildman–Crippen LogP) is 3.98. The summed E-state index contributed by atoms with van der Waals surface area (Å²) in [5.41, 5.74) is 2.85. The standard InChI is InChI=1S/C23H24N2O4S/c1-18-11-13-22(14-12-18)30(27,28)25(21-9-4-3-5-10-21)16-23(26)24-20-8-6-7-19(15-20)17-29-2/h3-15H,16-17H2,1-2H3,(H,24,26). The first-order chi connectivity index (χ1) is 14.4. The molecule has 0 bridgehead atoms. The van der Waals surface area contributed by atoms with Crippen LogP contribution in [0.1, 0.15) is 11.1 Å². The second-order valence-corrected chi connectivity index (χ2v) is 8.70. The number of nitrogens with zero attached hydrogens (tertiary/aromatic N) is 1. The van der Waals surface area contributed by atoms with E-state index in [1.807, 2.05) is 19.1 Å². The summed E-state index contributed by atoms with van der Waals surface area (Å²) in [6.07, 6.45) is 0. The van der Waals surface area contributed by atoms with E-state index < -0.39 is 15.9 Å². The Morgan fingerprint density at radius 2 is 1.67 bits per heavy atom. The Hall–Kier alpha value is -3.16. The average Bonchev–Trinajstić information content (AvgIpc) is 2.73. The van der Waals surface area contributed by atoms with Crippen molar-refractivity contribution in [3.63, 3.8) is 0 Å². The number of para-hydroxylation sites is 1. The summed E-state index contributed by atoms with van der Waals surface area (Å²) < 4.78 is 32.8. The molecule has 0 aliphatic rings. The maximum absolute atomic E-state index is 13.3. The number of carbonyl (C=O) groups excluding carboxylic acids is 1. The Bertz CT molecular complexity index is 1100. The largest absolute Gasteiger partial charge is 0.380 e. The minimum atomic E-state index is -3.92. The summed E-state index contributed by atoms with van der Waals surface area (Å²) in [6, 6.07) is 22.4. The summed E-state index contributed by atoms with van der Waals surface area (Å²) in [5, 5.41) is 2.77. The van der Waals surface area contributed by atoms with Crippen LogP contribution in [0.25, 0.3) is 0 Å². The highest BCUT2D eigenvalue weighted by Gasteiger charge is 2.27. The molecule has 0 radical (unpaired) electrons. The SMILES string of the molecule is COCc1cccc(NC(=O)CN(c2ccccc2)S(=O)(=O)c2ccc(C)cc2)c1. The van der Waals surface area contributed by atoms with Gasteiger partial charge in [0.2, 0.25) is 5.91 Å². The van der Waals surface area contributed by atoms with E-state index in [2.05, 4.69) is 5.32 Å². The van der Waals surface area contributed by atoms with Gasteiger partial charge in [-0.15, -0.1) is 0 Å². The van der Waals surface area contributed by atoms with Gasteiger partial charge in [-0.1, -0.05) is 48.0 Å². The van der Waals surface area contributed by atoms with E-state index in [4.69, 9.17) is 4.74 Å². The molecule has 0 unspecified atom stereocenters. The van der Waals surface area contributed by atoms with Crippen molar-refractivity contribution in [1.82, 2.24) is 0 Å². The molecule has 3 aromatic rings. The van der Waals surface area contributed by atoms with Crippen LogP contribution >= 0.6 is 0 Å². The first kappa shape index (κ1) is 21.5. The van der Waals surface area contributed by atoms with Crippen molar-refractivity contribution in [2.24, 2.45) is 0 Å². The van der Waals surface area contributed by atoms with Crippen molar-refractivity contribution >= 4 is 27.3 Å². The van der Waals surface area contributed by atoms with E-state index in [1.54, 1.807) is 73.8 Å². The van der Waals surface area contributed by atoms with Crippen LogP contribution in [0, 0.1) is 6.92 Å². The topological polar surface area (TPSA) is 75.7 Å². The van der Waals surface area contributed by atoms with Gasteiger partial charge in [0, 0.05) is 12.8 Å². The summed E-state index contributed by atoms with van der Waals surface area (Å²) in [7, 11) is -2.33. The number of benzene rings is 3. The molecular formula is C23H24N2O4S. The quantitative estimate of drug-likeness (QED) is 0.594. The molecule has 0 aromatic heterocycles. The van der Waals surface area contributed by atoms with Crippen LogP contribution in [0.4, 0.5) is 11.4 Å². The van der Waals surface area contributed by atoms with Gasteiger partial charge in [-0.2, -0.15) is 0 Å². The third kappa shape index (κ3) is 5.25. The zero-order chi connectivity index (χ0) is 21.6. The molecule has 0 saturated carbocycles. The van der Waals surface area contributed by atoms with E-state index in [1.165, 1.54) is 0 Å². The molecule has 156 valence electrons. The number of rotatable bonds is 8. The number of hydrogen-bond acceptors (Lipinski definition) is 4. The van der Waals surface area contributed by atoms with Crippen LogP contribution in [-0.4, -0.2) is 28.0 Å². The summed E-state index contributed by atoms with van der Waals surface area (Å²) in [6.45, 7) is 1.95. The Morgan fingerprint density at radius 1 is 0.967 bits per heavy atom. The number of ether oxygens (including phenoxy) is 1. The van der Waals surface area contributed by atoms with Gasteiger partial charge in [0.15, 0.2) is 0 Å². The lowest BCUT2D eigenvalue weighted by atomic mass is 10.2. The van der Waals surface area contributed by atoms with Crippen LogP contribution in [0.3, 0.4) is 0 Å². The second-order valence-electron chi connectivity index (χ2n) is 6.84. The third-order valence-electron chi connectivity index (χ3n) is 4.46. The van der Waals surface area contributed by atoms with Crippen molar-refractivity contribution in [3.8, 4) is 0 Å². The maximum Gasteiger partial charge on any atom is 0.264 e. The lowest BCUT2D eigenvalue weighted by Crippen LogP contribution is -2.38. The minimum absolute atomic E-state index is 0.131. The van der Waals surface area contributed by atoms with Gasteiger partial charge in [-0.25, -0.2) is 8.42 Å². The van der Waals surface area contributed by atoms with Crippen LogP contribution in [0.2, 0.25) is 0 Å². The van der Waals surface area contributed by atoms with Crippen molar-refractivity contribution in [2.45, 2.75) is 18.4 Å². The fraction of sp³-hybridized carbons (Fsp3) is 0.174. The molecular weight excluding hydrogens is 400 g/mol. The first-order valence-corrected chi connectivity index (χ1v) is 10.9. The van der Waals surface area contributed by atoms with Gasteiger partial charge in [0.1, 0.15) is 6.54 Å². The molecule has 0 atom stereocenters. The molecule has 0 heterocycles. The van der Waals surface area contributed by atoms with Crippen molar-refractivity contribution in [3.05, 3.63) is 90.0 Å².